The van der Waals surface area contributed by atoms with Crippen molar-refractivity contribution in [2.75, 3.05) is 11.9 Å². The number of hydrogen-bond acceptors (Lipinski definition) is 1. The van der Waals surface area contributed by atoms with E-state index in [4.69, 9.17) is 0 Å². The molecule has 0 saturated heterocycles. The molecule has 27 heavy (non-hydrogen) atoms. The Kier molecular flexibility index (Phi) is 17.0. The molecule has 0 amide bonds. The molecule has 1 heteroatoms. The highest BCUT2D eigenvalue weighted by molar-refractivity contribution is 5.77. The molecule has 0 atom stereocenters. The van der Waals surface area contributed by atoms with Crippen LogP contribution in [0.3, 0.4) is 0 Å². The van der Waals surface area contributed by atoms with Gasteiger partial charge in [-0.1, -0.05) is 119 Å². The number of benzene rings is 2. The molecule has 0 bridgehead atoms. The van der Waals surface area contributed by atoms with Crippen LogP contribution in [0.1, 0.15) is 94.2 Å². The van der Waals surface area contributed by atoms with Crippen molar-refractivity contribution < 1.29 is 0 Å². The molecule has 2 aromatic rings. The average Bonchev–Trinajstić information content (AvgIpc) is 2.70. The van der Waals surface area contributed by atoms with Crippen LogP contribution in [0, 0.1) is 0 Å². The maximum Gasteiger partial charge on any atom is 0.0449 e. The first-order valence-corrected chi connectivity index (χ1v) is 9.96. The van der Waals surface area contributed by atoms with Gasteiger partial charge in [0.05, 0.1) is 0 Å². The smallest absolute Gasteiger partial charge is 0.0449 e. The molecule has 1 heterocycles. The lowest BCUT2D eigenvalue weighted by Crippen LogP contribution is -2.30. The SMILES string of the molecule is C.C.CC.CC.CCCC.CN1c2ccccc2C(C)(C)c2ccccc21. The molecular weight excluding hydrogens is 326 g/mol. The number of fused-ring (bicyclic) bond motifs is 2. The fourth-order valence-electron chi connectivity index (χ4n) is 2.86. The Morgan fingerprint density at radius 1 is 0.667 bits per heavy atom. The van der Waals surface area contributed by atoms with Crippen LogP contribution in [-0.4, -0.2) is 7.05 Å². The summed E-state index contributed by atoms with van der Waals surface area (Å²) in [6, 6.07) is 17.4. The highest BCUT2D eigenvalue weighted by Gasteiger charge is 2.34. The van der Waals surface area contributed by atoms with Crippen molar-refractivity contribution in [2.45, 2.75) is 88.5 Å². The number of rotatable bonds is 1. The molecule has 0 radical (unpaired) electrons. The molecule has 0 fully saturated rings. The third-order valence-electron chi connectivity index (χ3n) is 4.38. The minimum atomic E-state index is 0. The van der Waals surface area contributed by atoms with Crippen molar-refractivity contribution in [3.8, 4) is 0 Å². The second-order valence-electron chi connectivity index (χ2n) is 6.22. The number of para-hydroxylation sites is 2. The topological polar surface area (TPSA) is 3.24 Å². The summed E-state index contributed by atoms with van der Waals surface area (Å²) in [5.41, 5.74) is 5.52. The standard InChI is InChI=1S/C16H17N.C4H10.2C2H6.2CH4/c1-16(2)12-8-4-6-10-14(12)17(3)15-11-7-5-9-13(15)16;1-3-4-2;2*1-2;;/h4-11H,1-3H3;3-4H2,1-2H3;2*1-2H3;2*1H4. The third kappa shape index (κ3) is 7.05. The molecular formula is C26H47N. The number of unbranched alkanes of at least 4 members (excludes halogenated alkanes) is 1. The summed E-state index contributed by atoms with van der Waals surface area (Å²) in [6.07, 6.45) is 2.64. The summed E-state index contributed by atoms with van der Waals surface area (Å²) in [7, 11) is 2.15. The van der Waals surface area contributed by atoms with Crippen LogP contribution in [0.5, 0.6) is 0 Å². The molecule has 1 aliphatic heterocycles. The minimum Gasteiger partial charge on any atom is -0.344 e. The number of hydrogen-bond donors (Lipinski definition) is 0. The molecule has 0 spiro atoms. The van der Waals surface area contributed by atoms with Crippen LogP contribution in [-0.2, 0) is 5.41 Å². The molecule has 0 aromatic heterocycles. The van der Waals surface area contributed by atoms with Crippen molar-refractivity contribution in [3.05, 3.63) is 59.7 Å². The van der Waals surface area contributed by atoms with Crippen molar-refractivity contribution in [2.24, 2.45) is 0 Å². The minimum absolute atomic E-state index is 0. The van der Waals surface area contributed by atoms with Crippen LogP contribution < -0.4 is 4.90 Å². The van der Waals surface area contributed by atoms with E-state index in [0.717, 1.165) is 0 Å². The van der Waals surface area contributed by atoms with E-state index < -0.39 is 0 Å². The summed E-state index contributed by atoms with van der Waals surface area (Å²) in [4.78, 5) is 2.29. The Hall–Kier alpha value is -1.76. The molecule has 2 aromatic carbocycles. The molecule has 1 nitrogen and oxygen atoms in total. The van der Waals surface area contributed by atoms with Crippen molar-refractivity contribution >= 4 is 11.4 Å². The van der Waals surface area contributed by atoms with E-state index in [1.807, 2.05) is 27.7 Å². The summed E-state index contributed by atoms with van der Waals surface area (Å²) in [5.74, 6) is 0. The maximum absolute atomic E-state index is 2.30. The Bertz CT molecular complexity index is 547. The molecule has 0 aliphatic carbocycles. The lowest BCUT2D eigenvalue weighted by molar-refractivity contribution is 0.629. The summed E-state index contributed by atoms with van der Waals surface area (Å²) >= 11 is 0. The second kappa shape index (κ2) is 15.3. The second-order valence-corrected chi connectivity index (χ2v) is 6.22. The van der Waals surface area contributed by atoms with Crippen molar-refractivity contribution in [1.82, 2.24) is 0 Å². The van der Waals surface area contributed by atoms with Gasteiger partial charge in [-0.05, 0) is 23.3 Å². The lowest BCUT2D eigenvalue weighted by Gasteiger charge is -2.40. The van der Waals surface area contributed by atoms with Gasteiger partial charge in [0.25, 0.3) is 0 Å². The molecule has 3 rings (SSSR count). The normalized spacial score (nSPS) is 11.8. The van der Waals surface area contributed by atoms with Crippen LogP contribution in [0.2, 0.25) is 0 Å². The van der Waals surface area contributed by atoms with Gasteiger partial charge in [0.2, 0.25) is 0 Å². The molecule has 0 unspecified atom stereocenters. The maximum atomic E-state index is 2.30. The average molecular weight is 374 g/mol. The predicted molar refractivity (Wildman–Crippen MR) is 130 cm³/mol. The van der Waals surface area contributed by atoms with Crippen LogP contribution in [0.25, 0.3) is 0 Å². The Labute approximate surface area is 171 Å². The van der Waals surface area contributed by atoms with Crippen molar-refractivity contribution in [1.29, 1.82) is 0 Å². The fraction of sp³-hybridized carbons (Fsp3) is 0.538. The Balaban J connectivity index is -0.000000507. The van der Waals surface area contributed by atoms with E-state index in [2.05, 4.69) is 88.2 Å². The number of anilines is 2. The van der Waals surface area contributed by atoms with Gasteiger partial charge >= 0.3 is 0 Å². The Morgan fingerprint density at radius 2 is 0.963 bits per heavy atom. The van der Waals surface area contributed by atoms with Crippen LogP contribution >= 0.6 is 0 Å². The molecule has 0 N–H and O–H groups in total. The first kappa shape index (κ1) is 30.0. The van der Waals surface area contributed by atoms with Crippen LogP contribution in [0.4, 0.5) is 11.4 Å². The van der Waals surface area contributed by atoms with Crippen LogP contribution in [0.15, 0.2) is 48.5 Å². The van der Waals surface area contributed by atoms with Gasteiger partial charge in [0, 0.05) is 23.8 Å². The lowest BCUT2D eigenvalue weighted by atomic mass is 9.74. The highest BCUT2D eigenvalue weighted by atomic mass is 15.1. The largest absolute Gasteiger partial charge is 0.344 e. The van der Waals surface area contributed by atoms with Gasteiger partial charge < -0.3 is 4.90 Å². The van der Waals surface area contributed by atoms with Crippen molar-refractivity contribution in [3.63, 3.8) is 0 Å². The van der Waals surface area contributed by atoms with E-state index in [1.165, 1.54) is 35.3 Å². The zero-order chi connectivity index (χ0) is 19.5. The van der Waals surface area contributed by atoms with E-state index >= 15 is 0 Å². The first-order valence-electron chi connectivity index (χ1n) is 9.96. The predicted octanol–water partition coefficient (Wildman–Crippen LogP) is 9.22. The van der Waals surface area contributed by atoms with Gasteiger partial charge in [-0.15, -0.1) is 0 Å². The zero-order valence-electron chi connectivity index (χ0n) is 18.0. The van der Waals surface area contributed by atoms with Gasteiger partial charge in [-0.2, -0.15) is 0 Å². The molecule has 156 valence electrons. The fourth-order valence-corrected chi connectivity index (χ4v) is 2.86. The van der Waals surface area contributed by atoms with Gasteiger partial charge in [-0.25, -0.2) is 0 Å². The van der Waals surface area contributed by atoms with Gasteiger partial charge in [0.15, 0.2) is 0 Å². The van der Waals surface area contributed by atoms with E-state index in [-0.39, 0.29) is 20.3 Å². The first-order chi connectivity index (χ1) is 12.0. The summed E-state index contributed by atoms with van der Waals surface area (Å²) < 4.78 is 0. The molecule has 1 aliphatic rings. The summed E-state index contributed by atoms with van der Waals surface area (Å²) in [5, 5.41) is 0. The quantitative estimate of drug-likeness (QED) is 0.481. The van der Waals surface area contributed by atoms with E-state index in [0.29, 0.717) is 0 Å². The van der Waals surface area contributed by atoms with Gasteiger partial charge in [0.1, 0.15) is 0 Å². The zero-order valence-corrected chi connectivity index (χ0v) is 18.0. The molecule has 0 saturated carbocycles. The van der Waals surface area contributed by atoms with Gasteiger partial charge in [-0.3, -0.25) is 0 Å². The monoisotopic (exact) mass is 373 g/mol. The number of nitrogens with zero attached hydrogens (tertiary/aromatic N) is 1. The summed E-state index contributed by atoms with van der Waals surface area (Å²) in [6.45, 7) is 17.0. The van der Waals surface area contributed by atoms with E-state index in [1.54, 1.807) is 0 Å². The Morgan fingerprint density at radius 3 is 1.26 bits per heavy atom. The third-order valence-corrected chi connectivity index (χ3v) is 4.38. The highest BCUT2D eigenvalue weighted by Crippen LogP contribution is 2.47. The van der Waals surface area contributed by atoms with E-state index in [9.17, 15) is 0 Å².